The van der Waals surface area contributed by atoms with E-state index in [1.807, 2.05) is 0 Å². The highest BCUT2D eigenvalue weighted by Gasteiger charge is 2.36. The minimum absolute atomic E-state index is 1.34. The third-order valence-corrected chi connectivity index (χ3v) is 0.881. The zero-order valence-electron chi connectivity index (χ0n) is 6.20. The molecule has 0 radical (unpaired) electrons. The molecule has 0 aliphatic carbocycles. The number of rotatable bonds is 4. The van der Waals surface area contributed by atoms with Crippen molar-refractivity contribution in [1.29, 1.82) is 0 Å². The Morgan fingerprint density at radius 2 is 1.85 bits per heavy atom. The number of hydrogen-bond donors (Lipinski definition) is 2. The lowest BCUT2D eigenvalue weighted by atomic mass is 10.4. The number of hydrogen-bond acceptors (Lipinski definition) is 4. The van der Waals surface area contributed by atoms with E-state index < -0.39 is 31.4 Å². The largest absolute Gasteiger partial charge is 0.508 e. The summed E-state index contributed by atoms with van der Waals surface area (Å²) in [6, 6.07) is 0. The molecule has 76 valence electrons. The third-order valence-electron chi connectivity index (χ3n) is 0.881. The number of carboxylic acid groups (broad SMARTS) is 2. The SMILES string of the molecule is O=C(O)OCC(F)(CF)OC(=O)O. The second-order valence-corrected chi connectivity index (χ2v) is 1.94. The van der Waals surface area contributed by atoms with Crippen LogP contribution < -0.4 is 0 Å². The Kier molecular flexibility index (Phi) is 3.89. The summed E-state index contributed by atoms with van der Waals surface area (Å²) in [5, 5.41) is 15.8. The van der Waals surface area contributed by atoms with Crippen molar-refractivity contribution in [2.75, 3.05) is 13.3 Å². The van der Waals surface area contributed by atoms with E-state index in [-0.39, 0.29) is 0 Å². The molecular weight excluding hydrogens is 194 g/mol. The van der Waals surface area contributed by atoms with Crippen LogP contribution in [0, 0.1) is 0 Å². The molecule has 0 heterocycles. The second kappa shape index (κ2) is 4.43. The number of alkyl halides is 2. The van der Waals surface area contributed by atoms with Crippen LogP contribution in [0.15, 0.2) is 0 Å². The lowest BCUT2D eigenvalue weighted by molar-refractivity contribution is -0.154. The highest BCUT2D eigenvalue weighted by molar-refractivity contribution is 5.58. The Balaban J connectivity index is 4.10. The van der Waals surface area contributed by atoms with Crippen LogP contribution in [0.3, 0.4) is 0 Å². The summed E-state index contributed by atoms with van der Waals surface area (Å²) in [7, 11) is 0. The van der Waals surface area contributed by atoms with Gasteiger partial charge in [0.25, 0.3) is 0 Å². The van der Waals surface area contributed by atoms with Gasteiger partial charge in [-0.3, -0.25) is 0 Å². The second-order valence-electron chi connectivity index (χ2n) is 1.94. The smallest absolute Gasteiger partial charge is 0.450 e. The van der Waals surface area contributed by atoms with Gasteiger partial charge in [-0.05, 0) is 0 Å². The third kappa shape index (κ3) is 4.77. The summed E-state index contributed by atoms with van der Waals surface area (Å²) < 4.78 is 31.6. The Labute approximate surface area is 70.7 Å². The first-order valence-corrected chi connectivity index (χ1v) is 2.92. The fraction of sp³-hybridized carbons (Fsp3) is 0.600. The summed E-state index contributed by atoms with van der Waals surface area (Å²) in [6.45, 7) is -3.17. The average molecular weight is 200 g/mol. The van der Waals surface area contributed by atoms with Crippen molar-refractivity contribution >= 4 is 12.3 Å². The van der Waals surface area contributed by atoms with Gasteiger partial charge in [0.2, 0.25) is 0 Å². The van der Waals surface area contributed by atoms with Crippen molar-refractivity contribution in [3.8, 4) is 0 Å². The van der Waals surface area contributed by atoms with Crippen molar-refractivity contribution in [3.63, 3.8) is 0 Å². The van der Waals surface area contributed by atoms with Crippen LogP contribution in [-0.4, -0.2) is 41.7 Å². The van der Waals surface area contributed by atoms with Crippen molar-refractivity contribution in [3.05, 3.63) is 0 Å². The first kappa shape index (κ1) is 11.4. The van der Waals surface area contributed by atoms with Gasteiger partial charge in [0.1, 0.15) is 0 Å². The van der Waals surface area contributed by atoms with Crippen molar-refractivity contribution in [1.82, 2.24) is 0 Å². The zero-order valence-corrected chi connectivity index (χ0v) is 6.20. The maximum absolute atomic E-state index is 12.8. The molecule has 8 heteroatoms. The fourth-order valence-electron chi connectivity index (χ4n) is 0.421. The van der Waals surface area contributed by atoms with Crippen LogP contribution >= 0.6 is 0 Å². The average Bonchev–Trinajstić information content (AvgIpc) is 2.00. The summed E-state index contributed by atoms with van der Waals surface area (Å²) in [5.74, 6) is -3.27. The van der Waals surface area contributed by atoms with E-state index in [0.717, 1.165) is 0 Å². The van der Waals surface area contributed by atoms with Gasteiger partial charge < -0.3 is 19.7 Å². The zero-order chi connectivity index (χ0) is 10.5. The molecule has 0 aromatic carbocycles. The predicted molar refractivity (Wildman–Crippen MR) is 32.9 cm³/mol. The molecule has 0 fully saturated rings. The molecule has 0 rings (SSSR count). The maximum atomic E-state index is 12.8. The minimum atomic E-state index is -3.27. The fourth-order valence-corrected chi connectivity index (χ4v) is 0.421. The first-order chi connectivity index (χ1) is 5.89. The van der Waals surface area contributed by atoms with Crippen LogP contribution in [0.25, 0.3) is 0 Å². The highest BCUT2D eigenvalue weighted by atomic mass is 19.2. The van der Waals surface area contributed by atoms with Gasteiger partial charge in [-0.25, -0.2) is 14.0 Å². The van der Waals surface area contributed by atoms with Crippen LogP contribution in [0.5, 0.6) is 0 Å². The molecule has 0 amide bonds. The lowest BCUT2D eigenvalue weighted by Crippen LogP contribution is -2.37. The van der Waals surface area contributed by atoms with Gasteiger partial charge in [-0.2, -0.15) is 4.39 Å². The van der Waals surface area contributed by atoms with Crippen LogP contribution in [0.4, 0.5) is 18.4 Å². The van der Waals surface area contributed by atoms with E-state index in [1.165, 1.54) is 0 Å². The van der Waals surface area contributed by atoms with Crippen LogP contribution in [0.1, 0.15) is 0 Å². The molecule has 1 unspecified atom stereocenters. The van der Waals surface area contributed by atoms with E-state index in [4.69, 9.17) is 10.2 Å². The van der Waals surface area contributed by atoms with E-state index in [9.17, 15) is 18.4 Å². The first-order valence-electron chi connectivity index (χ1n) is 2.92. The summed E-state index contributed by atoms with van der Waals surface area (Å²) in [4.78, 5) is 19.5. The maximum Gasteiger partial charge on any atom is 0.508 e. The summed E-state index contributed by atoms with van der Waals surface area (Å²) in [6.07, 6.45) is -3.92. The van der Waals surface area contributed by atoms with Crippen molar-refractivity contribution < 1.29 is 38.1 Å². The number of ether oxygens (including phenoxy) is 2. The molecule has 13 heavy (non-hydrogen) atoms. The van der Waals surface area contributed by atoms with Gasteiger partial charge in [0, 0.05) is 0 Å². The van der Waals surface area contributed by atoms with Crippen molar-refractivity contribution in [2.45, 2.75) is 5.85 Å². The summed E-state index contributed by atoms with van der Waals surface area (Å²) >= 11 is 0. The lowest BCUT2D eigenvalue weighted by Gasteiger charge is -2.18. The van der Waals surface area contributed by atoms with Crippen LogP contribution in [0.2, 0.25) is 0 Å². The van der Waals surface area contributed by atoms with Crippen molar-refractivity contribution in [2.24, 2.45) is 0 Å². The Bertz CT molecular complexity index is 207. The molecule has 0 saturated heterocycles. The minimum Gasteiger partial charge on any atom is -0.450 e. The molecule has 0 aliphatic heterocycles. The molecule has 0 bridgehead atoms. The summed E-state index contributed by atoms with van der Waals surface area (Å²) in [5.41, 5.74) is 0. The topological polar surface area (TPSA) is 93.1 Å². The quantitative estimate of drug-likeness (QED) is 0.657. The van der Waals surface area contributed by atoms with E-state index in [2.05, 4.69) is 9.47 Å². The Morgan fingerprint density at radius 1 is 1.31 bits per heavy atom. The molecule has 0 aliphatic rings. The van der Waals surface area contributed by atoms with Crippen LogP contribution in [-0.2, 0) is 9.47 Å². The molecule has 0 saturated carbocycles. The van der Waals surface area contributed by atoms with Gasteiger partial charge in [0.05, 0.1) is 0 Å². The molecule has 0 aromatic heterocycles. The van der Waals surface area contributed by atoms with E-state index in [0.29, 0.717) is 0 Å². The van der Waals surface area contributed by atoms with Gasteiger partial charge in [0.15, 0.2) is 13.3 Å². The molecule has 0 spiro atoms. The highest BCUT2D eigenvalue weighted by Crippen LogP contribution is 2.15. The Morgan fingerprint density at radius 3 is 2.15 bits per heavy atom. The molecule has 1 atom stereocenters. The standard InChI is InChI=1S/C5H6F2O6/c6-1-5(7,13-4(10)11)2-12-3(8)9/h1-2H2,(H,8,9)(H,10,11). The number of halogens is 2. The van der Waals surface area contributed by atoms with E-state index >= 15 is 0 Å². The number of carbonyl (C=O) groups is 2. The monoisotopic (exact) mass is 200 g/mol. The van der Waals surface area contributed by atoms with E-state index in [1.54, 1.807) is 0 Å². The normalized spacial score (nSPS) is 14.3. The predicted octanol–water partition coefficient (Wildman–Crippen LogP) is 1.01. The molecular formula is C5H6F2O6. The molecule has 2 N–H and O–H groups in total. The molecule has 0 aromatic rings. The van der Waals surface area contributed by atoms with Gasteiger partial charge >= 0.3 is 18.2 Å². The molecule has 6 nitrogen and oxygen atoms in total. The van der Waals surface area contributed by atoms with Gasteiger partial charge in [-0.1, -0.05) is 0 Å². The Hall–Kier alpha value is -1.60. The van der Waals surface area contributed by atoms with Gasteiger partial charge in [-0.15, -0.1) is 0 Å².